The van der Waals surface area contributed by atoms with Gasteiger partial charge in [0.1, 0.15) is 23.9 Å². The van der Waals surface area contributed by atoms with Gasteiger partial charge in [-0.2, -0.15) is 0 Å². The molecule has 0 unspecified atom stereocenters. The van der Waals surface area contributed by atoms with Gasteiger partial charge in [0, 0.05) is 34.9 Å². The lowest BCUT2D eigenvalue weighted by Crippen LogP contribution is -2.62. The minimum atomic E-state index is -0.574. The third-order valence-electron chi connectivity index (χ3n) is 8.61. The molecule has 0 amide bonds. The molecule has 2 fully saturated rings. The Morgan fingerprint density at radius 3 is 1.86 bits per heavy atom. The van der Waals surface area contributed by atoms with E-state index in [1.807, 2.05) is 0 Å². The van der Waals surface area contributed by atoms with Crippen molar-refractivity contribution < 1.29 is 33.3 Å². The molecule has 0 aromatic carbocycles. The summed E-state index contributed by atoms with van der Waals surface area (Å²) in [7, 11) is 6.76. The van der Waals surface area contributed by atoms with E-state index < -0.39 is 23.8 Å². The van der Waals surface area contributed by atoms with Crippen LogP contribution in [0.4, 0.5) is 0 Å². The first-order chi connectivity index (χ1) is 16.6. The van der Waals surface area contributed by atoms with Crippen molar-refractivity contribution in [3.63, 3.8) is 0 Å². The van der Waals surface area contributed by atoms with Gasteiger partial charge in [0.15, 0.2) is 12.6 Å². The minimum Gasteiger partial charge on any atom is -0.392 e. The van der Waals surface area contributed by atoms with Gasteiger partial charge in [0.05, 0.1) is 11.8 Å². The topological polar surface area (TPSA) is 77.0 Å². The summed E-state index contributed by atoms with van der Waals surface area (Å²) in [5.41, 5.74) is -0.324. The summed E-state index contributed by atoms with van der Waals surface area (Å²) in [4.78, 5) is 5.61. The third kappa shape index (κ3) is 5.78. The van der Waals surface area contributed by atoms with E-state index >= 15 is 0 Å². The summed E-state index contributed by atoms with van der Waals surface area (Å²) in [6, 6.07) is 0. The van der Waals surface area contributed by atoms with Crippen LogP contribution in [0.25, 0.3) is 0 Å². The van der Waals surface area contributed by atoms with Crippen molar-refractivity contribution in [1.29, 1.82) is 0 Å². The van der Waals surface area contributed by atoms with E-state index in [1.54, 1.807) is 34.5 Å². The normalized spacial score (nSPS) is 42.6. The monoisotopic (exact) mass is 499 g/mol. The molecule has 0 spiro atoms. The van der Waals surface area contributed by atoms with Gasteiger partial charge in [-0.05, 0) is 37.5 Å². The van der Waals surface area contributed by atoms with E-state index in [1.165, 1.54) is 0 Å². The van der Waals surface area contributed by atoms with Crippen molar-refractivity contribution in [3.05, 3.63) is 12.7 Å². The molecule has 2 rings (SSSR count). The highest BCUT2D eigenvalue weighted by Crippen LogP contribution is 2.46. The fourth-order valence-electron chi connectivity index (χ4n) is 6.50. The average molecular weight is 500 g/mol. The van der Waals surface area contributed by atoms with Crippen LogP contribution in [-0.4, -0.2) is 76.7 Å². The van der Waals surface area contributed by atoms with E-state index in [2.05, 4.69) is 53.3 Å². The minimum absolute atomic E-state index is 0.116. The maximum absolute atomic E-state index is 6.53. The van der Waals surface area contributed by atoms with Gasteiger partial charge in [-0.25, -0.2) is 0 Å². The van der Waals surface area contributed by atoms with Crippen LogP contribution in [0.1, 0.15) is 60.8 Å². The molecular weight excluding hydrogens is 450 g/mol. The summed E-state index contributed by atoms with van der Waals surface area (Å²) in [6.45, 7) is 16.9. The fourth-order valence-corrected chi connectivity index (χ4v) is 6.50. The summed E-state index contributed by atoms with van der Waals surface area (Å²) in [6.07, 6.45) is 2.58. The standard InChI is InChI=1S/C27H49NO7/c1-12-15-33-28-21(23-18(5)20(14-3)27(7,32-11)25(30-9)35-23)16-22-17(4)19(13-2)26(6,31-10)24(29-8)34-22/h12,17-20,22-25H,1,13-16H2,2-11H3/b28-21-/t17-,18-,19+,20+,22-,23+,24+,25+,26-,27-/m1/s1. The van der Waals surface area contributed by atoms with E-state index in [0.29, 0.717) is 13.0 Å². The number of nitrogens with zero attached hydrogens (tertiary/aromatic N) is 1. The van der Waals surface area contributed by atoms with Gasteiger partial charge in [-0.3, -0.25) is 0 Å². The molecule has 0 saturated carbocycles. The second-order valence-corrected chi connectivity index (χ2v) is 10.3. The van der Waals surface area contributed by atoms with Crippen molar-refractivity contribution in [2.24, 2.45) is 28.8 Å². The lowest BCUT2D eigenvalue weighted by Gasteiger charge is -2.53. The number of ether oxygens (including phenoxy) is 6. The second-order valence-electron chi connectivity index (χ2n) is 10.3. The van der Waals surface area contributed by atoms with Gasteiger partial charge < -0.3 is 33.3 Å². The fraction of sp³-hybridized carbons (Fsp3) is 0.889. The molecule has 0 N–H and O–H groups in total. The highest BCUT2D eigenvalue weighted by atomic mass is 16.7. The van der Waals surface area contributed by atoms with Crippen molar-refractivity contribution >= 4 is 5.71 Å². The van der Waals surface area contributed by atoms with Crippen LogP contribution < -0.4 is 0 Å². The zero-order valence-electron chi connectivity index (χ0n) is 23.5. The Hall–Kier alpha value is -1.03. The molecular formula is C27H49NO7. The predicted octanol–water partition coefficient (Wildman–Crippen LogP) is 4.81. The molecule has 2 aliphatic heterocycles. The zero-order valence-corrected chi connectivity index (χ0v) is 23.5. The average Bonchev–Trinajstić information content (AvgIpc) is 2.85. The number of hydrogen-bond acceptors (Lipinski definition) is 8. The van der Waals surface area contributed by atoms with Gasteiger partial charge in [-0.15, -0.1) is 0 Å². The summed E-state index contributed by atoms with van der Waals surface area (Å²) < 4.78 is 36.5. The number of rotatable bonds is 12. The zero-order chi connectivity index (χ0) is 26.4. The summed E-state index contributed by atoms with van der Waals surface area (Å²) in [5, 5.41) is 4.56. The first kappa shape index (κ1) is 30.2. The van der Waals surface area contributed by atoms with E-state index in [4.69, 9.17) is 33.3 Å². The molecule has 204 valence electrons. The largest absolute Gasteiger partial charge is 0.392 e. The van der Waals surface area contributed by atoms with Gasteiger partial charge in [-0.1, -0.05) is 58.3 Å². The Morgan fingerprint density at radius 2 is 1.40 bits per heavy atom. The van der Waals surface area contributed by atoms with Crippen LogP contribution in [0.15, 0.2) is 17.8 Å². The lowest BCUT2D eigenvalue weighted by atomic mass is 9.69. The summed E-state index contributed by atoms with van der Waals surface area (Å²) in [5.74, 6) is 0.746. The number of oxime groups is 1. The highest BCUT2D eigenvalue weighted by molar-refractivity contribution is 5.89. The predicted molar refractivity (Wildman–Crippen MR) is 136 cm³/mol. The molecule has 0 aliphatic carbocycles. The molecule has 10 atom stereocenters. The van der Waals surface area contributed by atoms with Crippen molar-refractivity contribution in [2.45, 2.75) is 96.8 Å². The quantitative estimate of drug-likeness (QED) is 0.165. The second kappa shape index (κ2) is 13.0. The maximum Gasteiger partial charge on any atom is 0.187 e. The maximum atomic E-state index is 6.53. The molecule has 35 heavy (non-hydrogen) atoms. The van der Waals surface area contributed by atoms with Crippen LogP contribution in [0.2, 0.25) is 0 Å². The Labute approximate surface area is 212 Å². The van der Waals surface area contributed by atoms with Crippen LogP contribution in [0.3, 0.4) is 0 Å². The number of hydrogen-bond donors (Lipinski definition) is 0. The van der Waals surface area contributed by atoms with Gasteiger partial charge >= 0.3 is 0 Å². The Bertz CT molecular complexity index is 703. The summed E-state index contributed by atoms with van der Waals surface area (Å²) >= 11 is 0. The molecule has 0 radical (unpaired) electrons. The molecule has 8 heteroatoms. The van der Waals surface area contributed by atoms with Crippen LogP contribution in [-0.2, 0) is 33.3 Å². The highest BCUT2D eigenvalue weighted by Gasteiger charge is 2.55. The molecule has 2 saturated heterocycles. The van der Waals surface area contributed by atoms with Crippen LogP contribution in [0, 0.1) is 23.7 Å². The lowest BCUT2D eigenvalue weighted by molar-refractivity contribution is -0.311. The molecule has 0 aromatic rings. The third-order valence-corrected chi connectivity index (χ3v) is 8.61. The van der Waals surface area contributed by atoms with Crippen molar-refractivity contribution in [3.8, 4) is 0 Å². The van der Waals surface area contributed by atoms with E-state index in [-0.39, 0.29) is 35.9 Å². The molecule has 2 heterocycles. The van der Waals surface area contributed by atoms with E-state index in [9.17, 15) is 0 Å². The molecule has 2 aliphatic rings. The SMILES string of the molecule is C=CCO/N=C(/C[C@H]1O[C@H](OC)[C@](C)(OC)[C@@H](CC)[C@H]1C)[C@H]1O[C@H](OC)[C@](C)(OC)[C@@H](CC)[C@H]1C. The van der Waals surface area contributed by atoms with Crippen LogP contribution in [0.5, 0.6) is 0 Å². The van der Waals surface area contributed by atoms with Gasteiger partial charge in [0.2, 0.25) is 0 Å². The Balaban J connectivity index is 2.42. The van der Waals surface area contributed by atoms with Crippen molar-refractivity contribution in [2.75, 3.05) is 35.0 Å². The Kier molecular flexibility index (Phi) is 11.2. The van der Waals surface area contributed by atoms with Crippen molar-refractivity contribution in [1.82, 2.24) is 0 Å². The van der Waals surface area contributed by atoms with Crippen LogP contribution >= 0.6 is 0 Å². The van der Waals surface area contributed by atoms with E-state index in [0.717, 1.165) is 18.6 Å². The molecule has 0 bridgehead atoms. The Morgan fingerprint density at radius 1 is 0.886 bits per heavy atom. The van der Waals surface area contributed by atoms with Gasteiger partial charge in [0.25, 0.3) is 0 Å². The smallest absolute Gasteiger partial charge is 0.187 e. The first-order valence-corrected chi connectivity index (χ1v) is 12.9. The number of methoxy groups -OCH3 is 4. The molecule has 8 nitrogen and oxygen atoms in total. The first-order valence-electron chi connectivity index (χ1n) is 12.9. The molecule has 0 aromatic heterocycles.